The smallest absolute Gasteiger partial charge is 0.273 e. The predicted molar refractivity (Wildman–Crippen MR) is 119 cm³/mol. The first-order valence-corrected chi connectivity index (χ1v) is 10.7. The quantitative estimate of drug-likeness (QED) is 0.398. The Morgan fingerprint density at radius 3 is 2.84 bits per heavy atom. The van der Waals surface area contributed by atoms with Crippen molar-refractivity contribution in [2.45, 2.75) is 25.4 Å². The summed E-state index contributed by atoms with van der Waals surface area (Å²) in [6, 6.07) is 2.87. The zero-order valence-corrected chi connectivity index (χ0v) is 18.1. The van der Waals surface area contributed by atoms with Crippen LogP contribution in [-0.2, 0) is 0 Å². The molecule has 0 spiro atoms. The van der Waals surface area contributed by atoms with Crippen molar-refractivity contribution in [1.82, 2.24) is 20.5 Å². The highest BCUT2D eigenvalue weighted by Gasteiger charge is 2.30. The van der Waals surface area contributed by atoms with Crippen LogP contribution in [0.2, 0.25) is 0 Å². The van der Waals surface area contributed by atoms with Gasteiger partial charge in [0, 0.05) is 38.9 Å². The Bertz CT molecular complexity index is 974. The van der Waals surface area contributed by atoms with Gasteiger partial charge in [-0.25, -0.2) is 13.8 Å². The van der Waals surface area contributed by atoms with Crippen LogP contribution >= 0.6 is 11.3 Å². The number of nitrogens with one attached hydrogen (secondary N) is 3. The lowest BCUT2D eigenvalue weighted by atomic mass is 10.1. The van der Waals surface area contributed by atoms with Crippen molar-refractivity contribution >= 4 is 34.3 Å². The summed E-state index contributed by atoms with van der Waals surface area (Å²) in [7, 11) is 1.61. The Balaban J connectivity index is 1.84. The first kappa shape index (κ1) is 22.8. The molecule has 1 amide bonds. The van der Waals surface area contributed by atoms with Crippen molar-refractivity contribution in [1.29, 1.82) is 5.41 Å². The number of aromatic nitrogens is 1. The Hall–Kier alpha value is -2.92. The van der Waals surface area contributed by atoms with E-state index >= 15 is 0 Å². The third-order valence-electron chi connectivity index (χ3n) is 5.12. The highest BCUT2D eigenvalue weighted by molar-refractivity contribution is 7.19. The Morgan fingerprint density at radius 1 is 1.52 bits per heavy atom. The molecular formula is C20H25F2N7OS. The maximum absolute atomic E-state index is 14.1. The molecular weight excluding hydrogens is 424 g/mol. The van der Waals surface area contributed by atoms with Crippen LogP contribution in [-0.4, -0.2) is 66.6 Å². The molecule has 3 rings (SSSR count). The third-order valence-corrected chi connectivity index (χ3v) is 6.02. The van der Waals surface area contributed by atoms with Crippen LogP contribution in [0.3, 0.4) is 0 Å². The summed E-state index contributed by atoms with van der Waals surface area (Å²) in [4.78, 5) is 23.4. The number of benzene rings is 1. The van der Waals surface area contributed by atoms with Gasteiger partial charge in [-0.05, 0) is 18.6 Å². The molecule has 2 atom stereocenters. The van der Waals surface area contributed by atoms with Crippen molar-refractivity contribution in [2.24, 2.45) is 4.99 Å². The molecule has 1 saturated heterocycles. The number of aliphatic imine (C=N–C) groups is 1. The molecule has 31 heavy (non-hydrogen) atoms. The third kappa shape index (κ3) is 4.72. The van der Waals surface area contributed by atoms with E-state index in [1.807, 2.05) is 0 Å². The Kier molecular flexibility index (Phi) is 7.29. The Labute approximate surface area is 183 Å². The maximum Gasteiger partial charge on any atom is 0.273 e. The van der Waals surface area contributed by atoms with Gasteiger partial charge in [0.25, 0.3) is 5.91 Å². The summed E-state index contributed by atoms with van der Waals surface area (Å²) < 4.78 is 28.2. The van der Waals surface area contributed by atoms with Crippen molar-refractivity contribution < 1.29 is 13.6 Å². The number of hydrogen-bond acceptors (Lipinski definition) is 7. The lowest BCUT2D eigenvalue weighted by molar-refractivity contribution is 0.0948. The number of nitrogen functional groups attached to an aromatic ring is 1. The predicted octanol–water partition coefficient (Wildman–Crippen LogP) is 2.13. The molecule has 0 aliphatic carbocycles. The fourth-order valence-electron chi connectivity index (χ4n) is 3.57. The van der Waals surface area contributed by atoms with E-state index in [1.165, 1.54) is 6.07 Å². The molecule has 1 aromatic carbocycles. The van der Waals surface area contributed by atoms with Crippen LogP contribution < -0.4 is 16.4 Å². The molecule has 1 aliphatic heterocycles. The van der Waals surface area contributed by atoms with Gasteiger partial charge in [0.15, 0.2) is 5.69 Å². The van der Waals surface area contributed by atoms with Gasteiger partial charge < -0.3 is 26.7 Å². The fraction of sp³-hybridized carbons (Fsp3) is 0.400. The molecule has 1 aromatic heterocycles. The largest absolute Gasteiger partial charge is 0.389 e. The summed E-state index contributed by atoms with van der Waals surface area (Å²) in [5.74, 6) is -1.66. The number of nitrogens with zero attached hydrogens (tertiary/aromatic N) is 3. The van der Waals surface area contributed by atoms with Crippen molar-refractivity contribution in [3.05, 3.63) is 35.5 Å². The van der Waals surface area contributed by atoms with Crippen LogP contribution in [0.15, 0.2) is 23.2 Å². The number of piperazine rings is 1. The van der Waals surface area contributed by atoms with E-state index in [1.54, 1.807) is 7.05 Å². The molecule has 11 heteroatoms. The standard InChI is InChI=1S/C20H25F2N7OS/c1-3-11-10-26-7-8-29(11)18(25-2)14(9-23)27-19(30)16-17(24)31-20(28-16)15-12(21)5-4-6-13(15)22/h4-6,9,11,14,23,26H,3,7-8,10,24H2,1-2H3,(H,27,30)/t11-,14?/m1/s1. The zero-order chi connectivity index (χ0) is 22.5. The maximum atomic E-state index is 14.1. The second-order valence-corrected chi connectivity index (χ2v) is 8.02. The molecule has 0 radical (unpaired) electrons. The molecule has 5 N–H and O–H groups in total. The SMILES string of the molecule is CC[C@@H]1CNCCN1C(=NC)C(C=N)NC(=O)c1nc(-c2c(F)cccc2F)sc1N. The summed E-state index contributed by atoms with van der Waals surface area (Å²) in [6.07, 6.45) is 1.97. The molecule has 1 unspecified atom stereocenters. The molecule has 166 valence electrons. The number of amides is 1. The van der Waals surface area contributed by atoms with Gasteiger partial charge in [-0.3, -0.25) is 9.79 Å². The summed E-state index contributed by atoms with van der Waals surface area (Å²) in [5, 5.41) is 13.9. The highest BCUT2D eigenvalue weighted by atomic mass is 32.1. The molecule has 1 aliphatic rings. The first-order valence-electron chi connectivity index (χ1n) is 9.87. The number of thiazole rings is 1. The van der Waals surface area contributed by atoms with Crippen LogP contribution in [0, 0.1) is 17.0 Å². The number of hydrogen-bond donors (Lipinski definition) is 4. The van der Waals surface area contributed by atoms with Crippen molar-refractivity contribution in [2.75, 3.05) is 32.4 Å². The zero-order valence-electron chi connectivity index (χ0n) is 17.3. The second-order valence-electron chi connectivity index (χ2n) is 6.99. The van der Waals surface area contributed by atoms with E-state index in [4.69, 9.17) is 11.1 Å². The monoisotopic (exact) mass is 449 g/mol. The summed E-state index contributed by atoms with van der Waals surface area (Å²) in [5.41, 5.74) is 5.47. The number of rotatable bonds is 6. The van der Waals surface area contributed by atoms with Crippen LogP contribution in [0.5, 0.6) is 0 Å². The van der Waals surface area contributed by atoms with Gasteiger partial charge in [-0.2, -0.15) is 0 Å². The van der Waals surface area contributed by atoms with Crippen LogP contribution in [0.1, 0.15) is 23.8 Å². The minimum absolute atomic E-state index is 0.0258. The van der Waals surface area contributed by atoms with Crippen molar-refractivity contribution in [3.8, 4) is 10.6 Å². The second kappa shape index (κ2) is 9.92. The molecule has 0 bridgehead atoms. The number of halogens is 2. The average molecular weight is 450 g/mol. The number of carbonyl (C=O) groups is 1. The summed E-state index contributed by atoms with van der Waals surface area (Å²) >= 11 is 0.825. The van der Waals surface area contributed by atoms with Gasteiger partial charge in [0.05, 0.1) is 5.56 Å². The fourth-order valence-corrected chi connectivity index (χ4v) is 4.44. The van der Waals surface area contributed by atoms with E-state index in [-0.39, 0.29) is 27.3 Å². The highest BCUT2D eigenvalue weighted by Crippen LogP contribution is 2.33. The lowest BCUT2D eigenvalue weighted by Gasteiger charge is -2.39. The normalized spacial score (nSPS) is 18.0. The number of carbonyl (C=O) groups excluding carboxylic acids is 1. The summed E-state index contributed by atoms with van der Waals surface area (Å²) in [6.45, 7) is 4.31. The van der Waals surface area contributed by atoms with Crippen LogP contribution in [0.25, 0.3) is 10.6 Å². The van der Waals surface area contributed by atoms with Crippen molar-refractivity contribution in [3.63, 3.8) is 0 Å². The van der Waals surface area contributed by atoms with E-state index in [0.717, 1.165) is 49.2 Å². The molecule has 8 nitrogen and oxygen atoms in total. The number of anilines is 1. The first-order chi connectivity index (χ1) is 14.9. The minimum atomic E-state index is -0.792. The minimum Gasteiger partial charge on any atom is -0.389 e. The topological polar surface area (TPSA) is 119 Å². The number of nitrogens with two attached hydrogens (primary N) is 1. The molecule has 1 fully saturated rings. The van der Waals surface area contributed by atoms with Gasteiger partial charge in [-0.15, -0.1) is 0 Å². The van der Waals surface area contributed by atoms with Gasteiger partial charge in [0.1, 0.15) is 33.5 Å². The van der Waals surface area contributed by atoms with Gasteiger partial charge in [0.2, 0.25) is 0 Å². The molecule has 2 aromatic rings. The molecule has 0 saturated carbocycles. The number of amidine groups is 1. The van der Waals surface area contributed by atoms with Gasteiger partial charge in [-0.1, -0.05) is 24.3 Å². The van der Waals surface area contributed by atoms with Crippen LogP contribution in [0.4, 0.5) is 13.8 Å². The van der Waals surface area contributed by atoms with E-state index in [9.17, 15) is 13.6 Å². The molecule has 2 heterocycles. The Morgan fingerprint density at radius 2 is 2.23 bits per heavy atom. The van der Waals surface area contributed by atoms with Gasteiger partial charge >= 0.3 is 0 Å². The average Bonchev–Trinajstić information content (AvgIpc) is 3.14. The van der Waals surface area contributed by atoms with E-state index in [2.05, 4.69) is 32.4 Å². The lowest BCUT2D eigenvalue weighted by Crippen LogP contribution is -2.59. The van der Waals surface area contributed by atoms with E-state index < -0.39 is 23.6 Å². The van der Waals surface area contributed by atoms with E-state index in [0.29, 0.717) is 12.4 Å².